The molecular weight excluding hydrogens is 252 g/mol. The maximum Gasteiger partial charge on any atom is 0.292 e. The first kappa shape index (κ1) is 14.1. The lowest BCUT2D eigenvalue weighted by Crippen LogP contribution is -2.04. The van der Waals surface area contributed by atoms with Gasteiger partial charge in [-0.2, -0.15) is 0 Å². The minimum absolute atomic E-state index is 0.120. The number of hydrogen-bond acceptors (Lipinski definition) is 3. The van der Waals surface area contributed by atoms with E-state index < -0.39 is 0 Å². The fourth-order valence-electron chi connectivity index (χ4n) is 2.18. The number of benzene rings is 2. The molecule has 2 aromatic carbocycles. The third kappa shape index (κ3) is 3.15. The van der Waals surface area contributed by atoms with Crippen LogP contribution in [-0.4, -0.2) is 4.92 Å². The van der Waals surface area contributed by atoms with Crippen LogP contribution in [-0.2, 0) is 6.54 Å². The van der Waals surface area contributed by atoms with Gasteiger partial charge in [-0.25, -0.2) is 0 Å². The van der Waals surface area contributed by atoms with Gasteiger partial charge in [-0.1, -0.05) is 29.8 Å². The summed E-state index contributed by atoms with van der Waals surface area (Å²) in [5.74, 6) is 0. The zero-order valence-corrected chi connectivity index (χ0v) is 11.9. The number of nitro benzene ring substituents is 1. The molecule has 20 heavy (non-hydrogen) atoms. The molecule has 0 aliphatic rings. The summed E-state index contributed by atoms with van der Waals surface area (Å²) in [7, 11) is 0. The van der Waals surface area contributed by atoms with Crippen molar-refractivity contribution in [3.8, 4) is 0 Å². The molecule has 0 aliphatic heterocycles. The smallest absolute Gasteiger partial charge is 0.292 e. The van der Waals surface area contributed by atoms with Gasteiger partial charge in [0.1, 0.15) is 5.69 Å². The van der Waals surface area contributed by atoms with Crippen molar-refractivity contribution in [2.75, 3.05) is 5.32 Å². The first-order valence-electron chi connectivity index (χ1n) is 6.52. The normalized spacial score (nSPS) is 10.3. The van der Waals surface area contributed by atoms with Gasteiger partial charge in [0, 0.05) is 12.6 Å². The molecule has 0 heterocycles. The zero-order valence-electron chi connectivity index (χ0n) is 11.9. The molecule has 0 bridgehead atoms. The van der Waals surface area contributed by atoms with Crippen LogP contribution in [0.4, 0.5) is 11.4 Å². The predicted octanol–water partition coefficient (Wildman–Crippen LogP) is 4.13. The van der Waals surface area contributed by atoms with Crippen molar-refractivity contribution in [1.29, 1.82) is 0 Å². The van der Waals surface area contributed by atoms with E-state index in [0.29, 0.717) is 12.2 Å². The number of hydrogen-bond donors (Lipinski definition) is 1. The maximum atomic E-state index is 11.1. The summed E-state index contributed by atoms with van der Waals surface area (Å²) in [5.41, 5.74) is 5.11. The Morgan fingerprint density at radius 1 is 1.05 bits per heavy atom. The molecule has 0 fully saturated rings. The Morgan fingerprint density at radius 2 is 1.70 bits per heavy atom. The van der Waals surface area contributed by atoms with Crippen molar-refractivity contribution in [1.82, 2.24) is 0 Å². The highest BCUT2D eigenvalue weighted by Crippen LogP contribution is 2.26. The van der Waals surface area contributed by atoms with E-state index in [1.54, 1.807) is 12.1 Å². The maximum absolute atomic E-state index is 11.1. The summed E-state index contributed by atoms with van der Waals surface area (Å²) in [6, 6.07) is 11.4. The Bertz CT molecular complexity index is 651. The third-order valence-electron chi connectivity index (χ3n) is 3.32. The van der Waals surface area contributed by atoms with Crippen LogP contribution in [0.2, 0.25) is 0 Å². The van der Waals surface area contributed by atoms with E-state index in [9.17, 15) is 10.1 Å². The molecule has 2 aromatic rings. The Kier molecular flexibility index (Phi) is 4.03. The minimum Gasteiger partial charge on any atom is -0.375 e. The molecule has 0 aromatic heterocycles. The lowest BCUT2D eigenvalue weighted by atomic mass is 10.1. The van der Waals surface area contributed by atoms with E-state index >= 15 is 0 Å². The van der Waals surface area contributed by atoms with E-state index in [-0.39, 0.29) is 10.6 Å². The number of anilines is 1. The van der Waals surface area contributed by atoms with E-state index in [1.807, 2.05) is 26.0 Å². The zero-order chi connectivity index (χ0) is 14.7. The van der Waals surface area contributed by atoms with Gasteiger partial charge in [0.15, 0.2) is 0 Å². The minimum atomic E-state index is -0.350. The molecule has 104 valence electrons. The summed E-state index contributed by atoms with van der Waals surface area (Å²) >= 11 is 0. The highest BCUT2D eigenvalue weighted by Gasteiger charge is 2.13. The fourth-order valence-corrected chi connectivity index (χ4v) is 2.18. The molecule has 0 aliphatic carbocycles. The second kappa shape index (κ2) is 5.74. The summed E-state index contributed by atoms with van der Waals surface area (Å²) in [5, 5.41) is 14.2. The van der Waals surface area contributed by atoms with Crippen LogP contribution in [0.25, 0.3) is 0 Å². The van der Waals surface area contributed by atoms with Crippen molar-refractivity contribution in [2.24, 2.45) is 0 Å². The molecule has 0 radical (unpaired) electrons. The Morgan fingerprint density at radius 3 is 2.35 bits per heavy atom. The van der Waals surface area contributed by atoms with Crippen molar-refractivity contribution in [3.05, 3.63) is 68.8 Å². The van der Waals surface area contributed by atoms with Crippen LogP contribution in [0.1, 0.15) is 22.3 Å². The van der Waals surface area contributed by atoms with E-state index in [2.05, 4.69) is 24.4 Å². The number of aryl methyl sites for hydroxylation is 3. The Hall–Kier alpha value is -2.36. The second-order valence-corrected chi connectivity index (χ2v) is 5.06. The summed E-state index contributed by atoms with van der Waals surface area (Å²) < 4.78 is 0. The summed E-state index contributed by atoms with van der Waals surface area (Å²) in [6.45, 7) is 6.53. The largest absolute Gasteiger partial charge is 0.375 e. The first-order chi connectivity index (χ1) is 9.47. The number of nitrogens with one attached hydrogen (secondary N) is 1. The van der Waals surface area contributed by atoms with Crippen LogP contribution in [0, 0.1) is 30.9 Å². The van der Waals surface area contributed by atoms with Crippen molar-refractivity contribution in [2.45, 2.75) is 27.3 Å². The number of nitrogens with zero attached hydrogens (tertiary/aromatic N) is 1. The standard InChI is InChI=1S/C16H18N2O2/c1-11-4-6-14(13(3)8-11)10-17-15-7-5-12(2)9-16(15)18(19)20/h4-9,17H,10H2,1-3H3. The third-order valence-corrected chi connectivity index (χ3v) is 3.32. The SMILES string of the molecule is Cc1ccc(CNc2ccc(C)cc2[N+](=O)[O-])c(C)c1. The molecule has 0 atom stereocenters. The molecule has 4 nitrogen and oxygen atoms in total. The highest BCUT2D eigenvalue weighted by atomic mass is 16.6. The fraction of sp³-hybridized carbons (Fsp3) is 0.250. The number of nitro groups is 1. The van der Waals surface area contributed by atoms with Crippen molar-refractivity contribution < 1.29 is 4.92 Å². The van der Waals surface area contributed by atoms with Gasteiger partial charge < -0.3 is 5.32 Å². The van der Waals surface area contributed by atoms with Gasteiger partial charge in [0.2, 0.25) is 0 Å². The number of rotatable bonds is 4. The van der Waals surface area contributed by atoms with E-state index in [1.165, 1.54) is 11.1 Å². The summed E-state index contributed by atoms with van der Waals surface area (Å²) in [6.07, 6.45) is 0. The molecular formula is C16H18N2O2. The van der Waals surface area contributed by atoms with Gasteiger partial charge in [-0.3, -0.25) is 10.1 Å². The van der Waals surface area contributed by atoms with Crippen molar-refractivity contribution in [3.63, 3.8) is 0 Å². The molecule has 4 heteroatoms. The van der Waals surface area contributed by atoms with Crippen LogP contribution in [0.3, 0.4) is 0 Å². The van der Waals surface area contributed by atoms with Crippen LogP contribution < -0.4 is 5.32 Å². The molecule has 0 saturated carbocycles. The molecule has 0 unspecified atom stereocenters. The second-order valence-electron chi connectivity index (χ2n) is 5.06. The monoisotopic (exact) mass is 270 g/mol. The van der Waals surface area contributed by atoms with Gasteiger partial charge in [-0.05, 0) is 43.5 Å². The topological polar surface area (TPSA) is 55.2 Å². The first-order valence-corrected chi connectivity index (χ1v) is 6.52. The van der Waals surface area contributed by atoms with E-state index in [4.69, 9.17) is 0 Å². The summed E-state index contributed by atoms with van der Waals surface area (Å²) in [4.78, 5) is 10.7. The highest BCUT2D eigenvalue weighted by molar-refractivity contribution is 5.62. The van der Waals surface area contributed by atoms with Crippen LogP contribution in [0.5, 0.6) is 0 Å². The van der Waals surface area contributed by atoms with Crippen molar-refractivity contribution >= 4 is 11.4 Å². The van der Waals surface area contributed by atoms with Gasteiger partial charge in [-0.15, -0.1) is 0 Å². The molecule has 0 amide bonds. The molecule has 0 spiro atoms. The van der Waals surface area contributed by atoms with E-state index in [0.717, 1.165) is 11.1 Å². The molecule has 0 saturated heterocycles. The average molecular weight is 270 g/mol. The lowest BCUT2D eigenvalue weighted by Gasteiger charge is -2.10. The molecule has 1 N–H and O–H groups in total. The van der Waals surface area contributed by atoms with Gasteiger partial charge in [0.05, 0.1) is 4.92 Å². The van der Waals surface area contributed by atoms with Crippen LogP contribution >= 0.6 is 0 Å². The Balaban J connectivity index is 2.20. The lowest BCUT2D eigenvalue weighted by molar-refractivity contribution is -0.384. The molecule has 2 rings (SSSR count). The van der Waals surface area contributed by atoms with Gasteiger partial charge >= 0.3 is 0 Å². The predicted molar refractivity (Wildman–Crippen MR) is 81.1 cm³/mol. The van der Waals surface area contributed by atoms with Gasteiger partial charge in [0.25, 0.3) is 5.69 Å². The Labute approximate surface area is 118 Å². The van der Waals surface area contributed by atoms with Crippen LogP contribution in [0.15, 0.2) is 36.4 Å². The quantitative estimate of drug-likeness (QED) is 0.671. The average Bonchev–Trinajstić information content (AvgIpc) is 2.38.